The van der Waals surface area contributed by atoms with Gasteiger partial charge in [-0.2, -0.15) is 0 Å². The molecule has 3 rings (SSSR count). The minimum absolute atomic E-state index is 0.628. The zero-order valence-corrected chi connectivity index (χ0v) is 11.5. The summed E-state index contributed by atoms with van der Waals surface area (Å²) in [6.07, 6.45) is 0.931. The van der Waals surface area contributed by atoms with E-state index in [-0.39, 0.29) is 0 Å². The highest BCUT2D eigenvalue weighted by molar-refractivity contribution is 5.85. The van der Waals surface area contributed by atoms with Crippen molar-refractivity contribution < 1.29 is 9.53 Å². The predicted molar refractivity (Wildman–Crippen MR) is 79.6 cm³/mol. The van der Waals surface area contributed by atoms with E-state index in [0.717, 1.165) is 47.5 Å². The van der Waals surface area contributed by atoms with Gasteiger partial charge in [-0.1, -0.05) is 29.8 Å². The van der Waals surface area contributed by atoms with Gasteiger partial charge in [-0.3, -0.25) is 4.79 Å². The molecule has 0 fully saturated rings. The zero-order valence-electron chi connectivity index (χ0n) is 11.5. The first-order valence-electron chi connectivity index (χ1n) is 6.79. The Labute approximate surface area is 118 Å². The Morgan fingerprint density at radius 2 is 2.05 bits per heavy atom. The number of fused-ring (bicyclic) bond motifs is 1. The Morgan fingerprint density at radius 1 is 1.20 bits per heavy atom. The summed E-state index contributed by atoms with van der Waals surface area (Å²) in [6, 6.07) is 14.1. The molecule has 0 spiro atoms. The molecule has 0 unspecified atom stereocenters. The number of hydrogen-bond acceptors (Lipinski definition) is 3. The largest absolute Gasteiger partial charge is 0.491 e. The minimum Gasteiger partial charge on any atom is -0.491 e. The van der Waals surface area contributed by atoms with Gasteiger partial charge in [0.05, 0.1) is 6.54 Å². The van der Waals surface area contributed by atoms with Gasteiger partial charge in [0.2, 0.25) is 0 Å². The van der Waals surface area contributed by atoms with Crippen LogP contribution in [0.5, 0.6) is 5.75 Å². The smallest absolute Gasteiger partial charge is 0.152 e. The van der Waals surface area contributed by atoms with Gasteiger partial charge in [-0.15, -0.1) is 0 Å². The zero-order chi connectivity index (χ0) is 13.9. The molecule has 1 heterocycles. The number of para-hydroxylation sites is 1. The van der Waals surface area contributed by atoms with Crippen LogP contribution in [0.4, 0.5) is 5.69 Å². The van der Waals surface area contributed by atoms with E-state index in [1.807, 2.05) is 43.3 Å². The summed E-state index contributed by atoms with van der Waals surface area (Å²) < 4.78 is 5.77. The fourth-order valence-corrected chi connectivity index (χ4v) is 2.59. The maximum atomic E-state index is 11.3. The van der Waals surface area contributed by atoms with Gasteiger partial charge in [0.25, 0.3) is 0 Å². The van der Waals surface area contributed by atoms with E-state index in [1.54, 1.807) is 0 Å². The van der Waals surface area contributed by atoms with Gasteiger partial charge in [0.15, 0.2) is 6.29 Å². The Kier molecular flexibility index (Phi) is 3.42. The van der Waals surface area contributed by atoms with Crippen molar-refractivity contribution in [3.8, 4) is 5.75 Å². The molecule has 0 bridgehead atoms. The monoisotopic (exact) mass is 267 g/mol. The molecule has 0 amide bonds. The molecule has 102 valence electrons. The van der Waals surface area contributed by atoms with Crippen LogP contribution in [0.1, 0.15) is 21.5 Å². The van der Waals surface area contributed by atoms with E-state index in [2.05, 4.69) is 11.0 Å². The molecule has 0 saturated carbocycles. The SMILES string of the molecule is Cc1ccc(N2CCOc3ccccc3C2)c(C=O)c1. The standard InChI is InChI=1S/C17H17NO2/c1-13-6-7-16(15(10-13)12-19)18-8-9-20-17-5-3-2-4-14(17)11-18/h2-7,10,12H,8-9,11H2,1H3. The quantitative estimate of drug-likeness (QED) is 0.782. The second-order valence-electron chi connectivity index (χ2n) is 5.06. The van der Waals surface area contributed by atoms with Crippen LogP contribution in [0.3, 0.4) is 0 Å². The number of hydrogen-bond donors (Lipinski definition) is 0. The average molecular weight is 267 g/mol. The number of anilines is 1. The van der Waals surface area contributed by atoms with Crippen molar-refractivity contribution in [1.29, 1.82) is 0 Å². The van der Waals surface area contributed by atoms with E-state index in [0.29, 0.717) is 6.61 Å². The molecule has 2 aromatic rings. The third kappa shape index (κ3) is 2.39. The number of benzene rings is 2. The summed E-state index contributed by atoms with van der Waals surface area (Å²) >= 11 is 0. The molecule has 0 aromatic heterocycles. The second-order valence-corrected chi connectivity index (χ2v) is 5.06. The molecule has 20 heavy (non-hydrogen) atoms. The summed E-state index contributed by atoms with van der Waals surface area (Å²) in [5.41, 5.74) is 3.97. The van der Waals surface area contributed by atoms with E-state index in [4.69, 9.17) is 4.74 Å². The number of aldehydes is 1. The van der Waals surface area contributed by atoms with Crippen LogP contribution >= 0.6 is 0 Å². The van der Waals surface area contributed by atoms with Gasteiger partial charge in [0.1, 0.15) is 12.4 Å². The number of carbonyl (C=O) groups is 1. The molecule has 2 aromatic carbocycles. The fourth-order valence-electron chi connectivity index (χ4n) is 2.59. The van der Waals surface area contributed by atoms with Crippen molar-refractivity contribution in [2.45, 2.75) is 13.5 Å². The number of carbonyl (C=O) groups excluding carboxylic acids is 1. The van der Waals surface area contributed by atoms with Crippen LogP contribution in [-0.2, 0) is 6.54 Å². The molecule has 0 radical (unpaired) electrons. The first-order valence-corrected chi connectivity index (χ1v) is 6.79. The third-order valence-corrected chi connectivity index (χ3v) is 3.60. The van der Waals surface area contributed by atoms with Gasteiger partial charge in [0, 0.05) is 23.4 Å². The number of rotatable bonds is 2. The highest BCUT2D eigenvalue weighted by Gasteiger charge is 2.17. The first kappa shape index (κ1) is 12.7. The van der Waals surface area contributed by atoms with Crippen LogP contribution < -0.4 is 9.64 Å². The summed E-state index contributed by atoms with van der Waals surface area (Å²) in [4.78, 5) is 13.5. The number of nitrogens with zero attached hydrogens (tertiary/aromatic N) is 1. The molecule has 3 heteroatoms. The van der Waals surface area contributed by atoms with Crippen LogP contribution in [0.25, 0.3) is 0 Å². The Balaban J connectivity index is 1.97. The lowest BCUT2D eigenvalue weighted by Gasteiger charge is -2.23. The van der Waals surface area contributed by atoms with Gasteiger partial charge in [-0.25, -0.2) is 0 Å². The molecule has 3 nitrogen and oxygen atoms in total. The van der Waals surface area contributed by atoms with Crippen molar-refractivity contribution in [2.24, 2.45) is 0 Å². The van der Waals surface area contributed by atoms with Crippen molar-refractivity contribution in [1.82, 2.24) is 0 Å². The van der Waals surface area contributed by atoms with Crippen LogP contribution in [0.15, 0.2) is 42.5 Å². The summed E-state index contributed by atoms with van der Waals surface area (Å²) in [6.45, 7) is 4.17. The molecule has 1 aliphatic rings. The predicted octanol–water partition coefficient (Wildman–Crippen LogP) is 3.21. The summed E-state index contributed by atoms with van der Waals surface area (Å²) in [7, 11) is 0. The summed E-state index contributed by atoms with van der Waals surface area (Å²) in [5.74, 6) is 0.940. The van der Waals surface area contributed by atoms with E-state index < -0.39 is 0 Å². The average Bonchev–Trinajstić information content (AvgIpc) is 2.69. The molecule has 0 atom stereocenters. The van der Waals surface area contributed by atoms with Crippen molar-refractivity contribution >= 4 is 12.0 Å². The first-order chi connectivity index (χ1) is 9.78. The van der Waals surface area contributed by atoms with Crippen LogP contribution in [0, 0.1) is 6.92 Å². The Bertz CT molecular complexity index is 637. The Hall–Kier alpha value is -2.29. The molecular weight excluding hydrogens is 250 g/mol. The lowest BCUT2D eigenvalue weighted by atomic mass is 10.1. The van der Waals surface area contributed by atoms with Gasteiger partial charge in [-0.05, 0) is 25.1 Å². The van der Waals surface area contributed by atoms with Crippen molar-refractivity contribution in [3.63, 3.8) is 0 Å². The number of aryl methyl sites for hydroxylation is 1. The fraction of sp³-hybridized carbons (Fsp3) is 0.235. The molecule has 0 aliphatic carbocycles. The highest BCUT2D eigenvalue weighted by Crippen LogP contribution is 2.28. The Morgan fingerprint density at radius 3 is 2.90 bits per heavy atom. The second kappa shape index (κ2) is 5.37. The van der Waals surface area contributed by atoms with Gasteiger partial charge < -0.3 is 9.64 Å². The molecule has 1 aliphatic heterocycles. The van der Waals surface area contributed by atoms with Crippen LogP contribution in [0.2, 0.25) is 0 Å². The highest BCUT2D eigenvalue weighted by atomic mass is 16.5. The molecule has 0 N–H and O–H groups in total. The summed E-state index contributed by atoms with van der Waals surface area (Å²) in [5, 5.41) is 0. The lowest BCUT2D eigenvalue weighted by molar-refractivity contribution is 0.112. The topological polar surface area (TPSA) is 29.5 Å². The van der Waals surface area contributed by atoms with Crippen LogP contribution in [-0.4, -0.2) is 19.4 Å². The molecular formula is C17H17NO2. The maximum Gasteiger partial charge on any atom is 0.152 e. The van der Waals surface area contributed by atoms with Crippen molar-refractivity contribution in [3.05, 3.63) is 59.2 Å². The van der Waals surface area contributed by atoms with Crippen molar-refractivity contribution in [2.75, 3.05) is 18.1 Å². The normalized spacial score (nSPS) is 14.2. The number of ether oxygens (including phenoxy) is 1. The molecule has 0 saturated heterocycles. The van der Waals surface area contributed by atoms with E-state index in [1.165, 1.54) is 0 Å². The minimum atomic E-state index is 0.628. The maximum absolute atomic E-state index is 11.3. The van der Waals surface area contributed by atoms with E-state index in [9.17, 15) is 4.79 Å². The van der Waals surface area contributed by atoms with Gasteiger partial charge >= 0.3 is 0 Å². The lowest BCUT2D eigenvalue weighted by Crippen LogP contribution is -2.26. The van der Waals surface area contributed by atoms with E-state index >= 15 is 0 Å². The third-order valence-electron chi connectivity index (χ3n) is 3.60.